The first-order valence-electron chi connectivity index (χ1n) is 12.1. The van der Waals surface area contributed by atoms with Crippen LogP contribution in [0.5, 0.6) is 5.75 Å². The monoisotopic (exact) mass is 483 g/mol. The number of nitrogens with one attached hydrogen (secondary N) is 1. The van der Waals surface area contributed by atoms with E-state index in [9.17, 15) is 4.79 Å². The van der Waals surface area contributed by atoms with Crippen LogP contribution in [0.4, 0.5) is 5.69 Å². The van der Waals surface area contributed by atoms with Crippen molar-refractivity contribution in [2.24, 2.45) is 0 Å². The normalized spacial score (nSPS) is 13.9. The highest BCUT2D eigenvalue weighted by Crippen LogP contribution is 2.30. The number of hydrogen-bond donors (Lipinski definition) is 1. The minimum Gasteiger partial charge on any atom is -0.491 e. The summed E-state index contributed by atoms with van der Waals surface area (Å²) >= 11 is 0. The summed E-state index contributed by atoms with van der Waals surface area (Å²) in [5.74, 6) is 0.624. The van der Waals surface area contributed by atoms with Crippen molar-refractivity contribution in [1.29, 1.82) is 0 Å². The third-order valence-electron chi connectivity index (χ3n) is 6.19. The van der Waals surface area contributed by atoms with Gasteiger partial charge in [0.1, 0.15) is 12.4 Å². The zero-order valence-corrected chi connectivity index (χ0v) is 20.3. The molecule has 1 aliphatic rings. The van der Waals surface area contributed by atoms with E-state index >= 15 is 0 Å². The van der Waals surface area contributed by atoms with Gasteiger partial charge in [-0.05, 0) is 42.8 Å². The van der Waals surface area contributed by atoms with Gasteiger partial charge in [-0.2, -0.15) is 5.10 Å². The topological polar surface area (TPSA) is 81.5 Å². The van der Waals surface area contributed by atoms with E-state index < -0.39 is 0 Å². The fraction of sp³-hybridized carbons (Fsp3) is 0.250. The maximum absolute atomic E-state index is 12.6. The molecule has 0 aliphatic carbocycles. The molecule has 0 atom stereocenters. The Morgan fingerprint density at radius 1 is 1.08 bits per heavy atom. The van der Waals surface area contributed by atoms with Crippen LogP contribution in [0.1, 0.15) is 15.9 Å². The largest absolute Gasteiger partial charge is 0.491 e. The molecule has 4 aromatic rings. The lowest BCUT2D eigenvalue weighted by atomic mass is 10.1. The number of benzene rings is 2. The summed E-state index contributed by atoms with van der Waals surface area (Å²) in [4.78, 5) is 19.2. The number of amides is 1. The van der Waals surface area contributed by atoms with Crippen LogP contribution in [0.15, 0.2) is 79.4 Å². The number of aryl methyl sites for hydroxylation is 1. The molecule has 2 aromatic heterocycles. The number of carbonyl (C=O) groups excluding carboxylic acids is 1. The highest BCUT2D eigenvalue weighted by Gasteiger charge is 2.14. The van der Waals surface area contributed by atoms with Gasteiger partial charge in [0.05, 0.1) is 25.1 Å². The first kappa shape index (κ1) is 23.7. The average Bonchev–Trinajstić information content (AvgIpc) is 3.41. The number of pyridine rings is 1. The summed E-state index contributed by atoms with van der Waals surface area (Å²) in [6.45, 7) is 6.88. The lowest BCUT2D eigenvalue weighted by molar-refractivity contribution is 0.0323. The van der Waals surface area contributed by atoms with Crippen LogP contribution in [-0.4, -0.2) is 65.0 Å². The minimum absolute atomic E-state index is 0.152. The van der Waals surface area contributed by atoms with Gasteiger partial charge in [-0.3, -0.25) is 14.7 Å². The number of hydrogen-bond acceptors (Lipinski definition) is 6. The SMILES string of the molecule is Cc1ccc(NC(=O)c2ccccc2)cc1-n1cc(-c2cnccc2OCCN2CCOCC2)cn1. The fourth-order valence-corrected chi connectivity index (χ4v) is 4.15. The second-order valence-electron chi connectivity index (χ2n) is 8.67. The molecule has 0 spiro atoms. The Kier molecular flexibility index (Phi) is 7.35. The van der Waals surface area contributed by atoms with Crippen molar-refractivity contribution in [3.05, 3.63) is 90.5 Å². The molecule has 1 amide bonds. The number of ether oxygens (including phenoxy) is 2. The van der Waals surface area contributed by atoms with Crippen molar-refractivity contribution < 1.29 is 14.3 Å². The first-order chi connectivity index (χ1) is 17.7. The summed E-state index contributed by atoms with van der Waals surface area (Å²) in [7, 11) is 0. The molecule has 36 heavy (non-hydrogen) atoms. The molecule has 5 rings (SSSR count). The van der Waals surface area contributed by atoms with Crippen LogP contribution >= 0.6 is 0 Å². The van der Waals surface area contributed by atoms with Crippen LogP contribution in [0.3, 0.4) is 0 Å². The predicted molar refractivity (Wildman–Crippen MR) is 139 cm³/mol. The van der Waals surface area contributed by atoms with Crippen LogP contribution < -0.4 is 10.1 Å². The Labute approximate surface area is 210 Å². The second-order valence-corrected chi connectivity index (χ2v) is 8.67. The number of carbonyl (C=O) groups is 1. The Hall–Kier alpha value is -4.01. The Balaban J connectivity index is 1.31. The van der Waals surface area contributed by atoms with E-state index in [2.05, 4.69) is 20.3 Å². The van der Waals surface area contributed by atoms with Gasteiger partial charge in [-0.15, -0.1) is 0 Å². The summed E-state index contributed by atoms with van der Waals surface area (Å²) in [5.41, 5.74) is 5.02. The lowest BCUT2D eigenvalue weighted by Crippen LogP contribution is -2.38. The second kappa shape index (κ2) is 11.2. The lowest BCUT2D eigenvalue weighted by Gasteiger charge is -2.26. The third kappa shape index (κ3) is 5.62. The number of aromatic nitrogens is 3. The van der Waals surface area contributed by atoms with Crippen molar-refractivity contribution in [3.63, 3.8) is 0 Å². The third-order valence-corrected chi connectivity index (χ3v) is 6.19. The Bertz CT molecular complexity index is 1320. The summed E-state index contributed by atoms with van der Waals surface area (Å²) in [6.07, 6.45) is 7.30. The number of morpholine rings is 1. The standard InChI is InChI=1S/C28H29N5O3/c1-21-7-8-24(31-28(34)22-5-3-2-4-6-22)17-26(21)33-20-23(18-30-33)25-19-29-10-9-27(25)36-16-13-32-11-14-35-15-12-32/h2-10,17-20H,11-16H2,1H3,(H,31,34). The molecular weight excluding hydrogens is 454 g/mol. The van der Waals surface area contributed by atoms with E-state index in [4.69, 9.17) is 9.47 Å². The Morgan fingerprint density at radius 3 is 2.75 bits per heavy atom. The van der Waals surface area contributed by atoms with E-state index in [1.165, 1.54) is 0 Å². The van der Waals surface area contributed by atoms with Crippen molar-refractivity contribution in [2.45, 2.75) is 6.92 Å². The molecule has 0 unspecified atom stereocenters. The molecule has 0 saturated carbocycles. The van der Waals surface area contributed by atoms with Gasteiger partial charge in [-0.1, -0.05) is 24.3 Å². The van der Waals surface area contributed by atoms with Crippen molar-refractivity contribution >= 4 is 11.6 Å². The van der Waals surface area contributed by atoms with Gasteiger partial charge in [-0.25, -0.2) is 4.68 Å². The van der Waals surface area contributed by atoms with Crippen LogP contribution in [0, 0.1) is 6.92 Å². The molecule has 1 saturated heterocycles. The molecule has 3 heterocycles. The Morgan fingerprint density at radius 2 is 1.92 bits per heavy atom. The molecule has 2 aromatic carbocycles. The quantitative estimate of drug-likeness (QED) is 0.404. The van der Waals surface area contributed by atoms with Gasteiger partial charge < -0.3 is 14.8 Å². The predicted octanol–water partition coefficient (Wildman–Crippen LogP) is 4.21. The minimum atomic E-state index is -0.152. The van der Waals surface area contributed by atoms with Crippen LogP contribution in [0.2, 0.25) is 0 Å². The van der Waals surface area contributed by atoms with E-state index in [0.717, 1.165) is 61.0 Å². The molecule has 1 fully saturated rings. The molecule has 8 heteroatoms. The summed E-state index contributed by atoms with van der Waals surface area (Å²) in [5, 5.41) is 7.57. The maximum Gasteiger partial charge on any atom is 0.255 e. The van der Waals surface area contributed by atoms with Crippen LogP contribution in [0.25, 0.3) is 16.8 Å². The van der Waals surface area contributed by atoms with E-state index in [1.807, 2.05) is 60.3 Å². The first-order valence-corrected chi connectivity index (χ1v) is 12.1. The summed E-state index contributed by atoms with van der Waals surface area (Å²) < 4.78 is 13.4. The number of rotatable bonds is 8. The molecule has 0 bridgehead atoms. The summed E-state index contributed by atoms with van der Waals surface area (Å²) in [6, 6.07) is 16.8. The zero-order valence-electron chi connectivity index (χ0n) is 20.3. The molecule has 0 radical (unpaired) electrons. The van der Waals surface area contributed by atoms with E-state index in [1.54, 1.807) is 30.7 Å². The average molecular weight is 484 g/mol. The zero-order chi connectivity index (χ0) is 24.7. The van der Waals surface area contributed by atoms with E-state index in [0.29, 0.717) is 17.9 Å². The smallest absolute Gasteiger partial charge is 0.255 e. The maximum atomic E-state index is 12.6. The van der Waals surface area contributed by atoms with Gasteiger partial charge in [0, 0.05) is 60.6 Å². The van der Waals surface area contributed by atoms with Crippen molar-refractivity contribution in [2.75, 3.05) is 44.8 Å². The van der Waals surface area contributed by atoms with Crippen molar-refractivity contribution in [3.8, 4) is 22.6 Å². The molecular formula is C28H29N5O3. The number of nitrogens with zero attached hydrogens (tertiary/aromatic N) is 4. The van der Waals surface area contributed by atoms with Crippen molar-refractivity contribution in [1.82, 2.24) is 19.7 Å². The number of anilines is 1. The van der Waals surface area contributed by atoms with Gasteiger partial charge in [0.25, 0.3) is 5.91 Å². The van der Waals surface area contributed by atoms with Gasteiger partial charge in [0.15, 0.2) is 0 Å². The fourth-order valence-electron chi connectivity index (χ4n) is 4.15. The molecule has 184 valence electrons. The van der Waals surface area contributed by atoms with E-state index in [-0.39, 0.29) is 5.91 Å². The molecule has 8 nitrogen and oxygen atoms in total. The van der Waals surface area contributed by atoms with Gasteiger partial charge >= 0.3 is 0 Å². The highest BCUT2D eigenvalue weighted by molar-refractivity contribution is 6.04. The highest BCUT2D eigenvalue weighted by atomic mass is 16.5. The van der Waals surface area contributed by atoms with Gasteiger partial charge in [0.2, 0.25) is 0 Å². The molecule has 1 N–H and O–H groups in total. The van der Waals surface area contributed by atoms with Crippen LogP contribution in [-0.2, 0) is 4.74 Å². The molecule has 1 aliphatic heterocycles.